The number of aliphatic hydroxyl groups excluding tert-OH is 1. The van der Waals surface area contributed by atoms with E-state index in [9.17, 15) is 14.7 Å². The number of ketones is 1. The van der Waals surface area contributed by atoms with E-state index in [1.807, 2.05) is 52.0 Å². The maximum Gasteiger partial charge on any atom is 0.295 e. The summed E-state index contributed by atoms with van der Waals surface area (Å²) in [5, 5.41) is 11.2. The first-order valence-electron chi connectivity index (χ1n) is 10.9. The van der Waals surface area contributed by atoms with Crippen LogP contribution in [-0.2, 0) is 14.3 Å². The molecule has 1 amide bonds. The van der Waals surface area contributed by atoms with Gasteiger partial charge in [-0.1, -0.05) is 29.8 Å². The lowest BCUT2D eigenvalue weighted by atomic mass is 9.93. The van der Waals surface area contributed by atoms with Gasteiger partial charge >= 0.3 is 0 Å². The van der Waals surface area contributed by atoms with Crippen molar-refractivity contribution in [2.45, 2.75) is 46.3 Å². The number of hydrogen-bond donors (Lipinski definition) is 1. The van der Waals surface area contributed by atoms with Gasteiger partial charge in [-0.3, -0.25) is 9.59 Å². The van der Waals surface area contributed by atoms with Crippen LogP contribution in [0.4, 0.5) is 0 Å². The number of Topliss-reactive ketones (excluding diaryl/α,β-unsaturated/α-hetero) is 1. The van der Waals surface area contributed by atoms with E-state index in [0.717, 1.165) is 16.7 Å². The molecule has 0 radical (unpaired) electrons. The van der Waals surface area contributed by atoms with Gasteiger partial charge in [0.2, 0.25) is 0 Å². The van der Waals surface area contributed by atoms with Crippen molar-refractivity contribution in [3.8, 4) is 5.75 Å². The van der Waals surface area contributed by atoms with Crippen LogP contribution < -0.4 is 4.74 Å². The number of methoxy groups -OCH3 is 1. The molecule has 1 aliphatic rings. The van der Waals surface area contributed by atoms with Crippen molar-refractivity contribution in [2.24, 2.45) is 0 Å². The Morgan fingerprint density at radius 3 is 2.50 bits per heavy atom. The van der Waals surface area contributed by atoms with E-state index in [0.29, 0.717) is 30.9 Å². The van der Waals surface area contributed by atoms with E-state index >= 15 is 0 Å². The van der Waals surface area contributed by atoms with Crippen LogP contribution in [-0.4, -0.2) is 48.1 Å². The molecular weight excluding hydrogens is 406 g/mol. The molecule has 1 fully saturated rings. The first kappa shape index (κ1) is 23.5. The predicted octanol–water partition coefficient (Wildman–Crippen LogP) is 4.55. The third-order valence-electron chi connectivity index (χ3n) is 5.58. The average molecular weight is 438 g/mol. The predicted molar refractivity (Wildman–Crippen MR) is 124 cm³/mol. The van der Waals surface area contributed by atoms with Crippen LogP contribution in [0.2, 0.25) is 0 Å². The maximum absolute atomic E-state index is 13.1. The fourth-order valence-corrected chi connectivity index (χ4v) is 4.03. The number of rotatable bonds is 8. The molecule has 170 valence electrons. The van der Waals surface area contributed by atoms with Crippen molar-refractivity contribution in [3.63, 3.8) is 0 Å². The molecule has 6 nitrogen and oxygen atoms in total. The normalized spacial score (nSPS) is 17.9. The van der Waals surface area contributed by atoms with Crippen molar-refractivity contribution < 1.29 is 24.2 Å². The molecule has 6 heteroatoms. The SMILES string of the molecule is COc1ccc(/C(O)=C2/C(=O)C(=O)N(CCCOC(C)C)C2c2cccc(C)c2)c(C)c1. The molecule has 1 atom stereocenters. The highest BCUT2D eigenvalue weighted by Crippen LogP contribution is 2.40. The van der Waals surface area contributed by atoms with E-state index in [1.54, 1.807) is 30.2 Å². The van der Waals surface area contributed by atoms with E-state index in [1.165, 1.54) is 0 Å². The Kier molecular flexibility index (Phi) is 7.36. The zero-order valence-corrected chi connectivity index (χ0v) is 19.3. The number of likely N-dealkylation sites (tertiary alicyclic amines) is 1. The summed E-state index contributed by atoms with van der Waals surface area (Å²) in [7, 11) is 1.57. The molecule has 0 spiro atoms. The Labute approximate surface area is 189 Å². The summed E-state index contributed by atoms with van der Waals surface area (Å²) >= 11 is 0. The van der Waals surface area contributed by atoms with Gasteiger partial charge in [-0.15, -0.1) is 0 Å². The van der Waals surface area contributed by atoms with Gasteiger partial charge in [0.1, 0.15) is 11.5 Å². The molecule has 0 saturated carbocycles. The van der Waals surface area contributed by atoms with Crippen LogP contribution in [0.15, 0.2) is 48.0 Å². The summed E-state index contributed by atoms with van der Waals surface area (Å²) in [6.45, 7) is 8.54. The lowest BCUT2D eigenvalue weighted by Gasteiger charge is -2.26. The lowest BCUT2D eigenvalue weighted by Crippen LogP contribution is -2.31. The number of aliphatic hydroxyl groups is 1. The highest BCUT2D eigenvalue weighted by Gasteiger charge is 2.45. The molecule has 3 rings (SSSR count). The Morgan fingerprint density at radius 2 is 1.88 bits per heavy atom. The molecule has 1 N–H and O–H groups in total. The van der Waals surface area contributed by atoms with Gasteiger partial charge in [0, 0.05) is 18.7 Å². The van der Waals surface area contributed by atoms with E-state index in [2.05, 4.69) is 0 Å². The Hall–Kier alpha value is -3.12. The monoisotopic (exact) mass is 437 g/mol. The topological polar surface area (TPSA) is 76.1 Å². The number of amides is 1. The molecule has 1 saturated heterocycles. The average Bonchev–Trinajstić information content (AvgIpc) is 3.01. The van der Waals surface area contributed by atoms with E-state index in [4.69, 9.17) is 9.47 Å². The van der Waals surface area contributed by atoms with Gasteiger partial charge in [0.25, 0.3) is 11.7 Å². The third kappa shape index (κ3) is 4.86. The van der Waals surface area contributed by atoms with Crippen LogP contribution >= 0.6 is 0 Å². The number of ether oxygens (including phenoxy) is 2. The third-order valence-corrected chi connectivity index (χ3v) is 5.58. The largest absolute Gasteiger partial charge is 0.507 e. The first-order chi connectivity index (χ1) is 15.2. The second-order valence-electron chi connectivity index (χ2n) is 8.36. The summed E-state index contributed by atoms with van der Waals surface area (Å²) in [4.78, 5) is 27.7. The van der Waals surface area contributed by atoms with Gasteiger partial charge in [0.05, 0.1) is 24.8 Å². The van der Waals surface area contributed by atoms with Crippen LogP contribution in [0.5, 0.6) is 5.75 Å². The number of aryl methyl sites for hydroxylation is 2. The summed E-state index contributed by atoms with van der Waals surface area (Å²) < 4.78 is 10.9. The second-order valence-corrected chi connectivity index (χ2v) is 8.36. The number of hydrogen-bond acceptors (Lipinski definition) is 5. The molecule has 0 aromatic heterocycles. The number of benzene rings is 2. The summed E-state index contributed by atoms with van der Waals surface area (Å²) in [6.07, 6.45) is 0.686. The Balaban J connectivity index is 2.07. The minimum Gasteiger partial charge on any atom is -0.507 e. The van der Waals surface area contributed by atoms with Gasteiger partial charge in [-0.25, -0.2) is 0 Å². The van der Waals surface area contributed by atoms with Crippen molar-refractivity contribution in [1.82, 2.24) is 4.90 Å². The summed E-state index contributed by atoms with van der Waals surface area (Å²) in [5.74, 6) is -0.793. The zero-order chi connectivity index (χ0) is 23.4. The highest BCUT2D eigenvalue weighted by atomic mass is 16.5. The minimum absolute atomic E-state index is 0.0935. The van der Waals surface area contributed by atoms with Gasteiger partial charge in [-0.05, 0) is 63.4 Å². The molecular formula is C26H31NO5. The molecule has 2 aromatic rings. The molecule has 0 aliphatic carbocycles. The Morgan fingerprint density at radius 1 is 1.12 bits per heavy atom. The smallest absolute Gasteiger partial charge is 0.295 e. The number of carbonyl (C=O) groups excluding carboxylic acids is 2. The van der Waals surface area contributed by atoms with Crippen LogP contribution in [0.3, 0.4) is 0 Å². The fraction of sp³-hybridized carbons (Fsp3) is 0.385. The van der Waals surface area contributed by atoms with Crippen LogP contribution in [0.25, 0.3) is 5.76 Å². The van der Waals surface area contributed by atoms with Gasteiger partial charge in [0.15, 0.2) is 0 Å². The Bertz CT molecular complexity index is 1040. The van der Waals surface area contributed by atoms with Gasteiger partial charge in [-0.2, -0.15) is 0 Å². The maximum atomic E-state index is 13.1. The van der Waals surface area contributed by atoms with E-state index in [-0.39, 0.29) is 17.4 Å². The standard InChI is InChI=1S/C26H31NO5/c1-16(2)32-13-7-12-27-23(19-9-6-8-17(3)14-19)22(25(29)26(27)30)24(28)21-11-10-20(31-5)15-18(21)4/h6,8-11,14-16,23,28H,7,12-13H2,1-5H3/b24-22-. The number of carbonyl (C=O) groups is 2. The van der Waals surface area contributed by atoms with Gasteiger partial charge < -0.3 is 19.5 Å². The number of nitrogens with zero attached hydrogens (tertiary/aromatic N) is 1. The molecule has 1 aliphatic heterocycles. The summed E-state index contributed by atoms with van der Waals surface area (Å²) in [6, 6.07) is 12.2. The van der Waals surface area contributed by atoms with Crippen LogP contribution in [0.1, 0.15) is 48.6 Å². The molecule has 1 unspecified atom stereocenters. The minimum atomic E-state index is -0.672. The van der Waals surface area contributed by atoms with Crippen molar-refractivity contribution in [2.75, 3.05) is 20.3 Å². The molecule has 1 heterocycles. The van der Waals surface area contributed by atoms with Crippen molar-refractivity contribution in [1.29, 1.82) is 0 Å². The van der Waals surface area contributed by atoms with E-state index < -0.39 is 17.7 Å². The molecule has 0 bridgehead atoms. The van der Waals surface area contributed by atoms with Crippen molar-refractivity contribution >= 4 is 17.4 Å². The second kappa shape index (κ2) is 10.0. The van der Waals surface area contributed by atoms with Crippen LogP contribution in [0, 0.1) is 13.8 Å². The first-order valence-corrected chi connectivity index (χ1v) is 10.9. The summed E-state index contributed by atoms with van der Waals surface area (Å²) in [5.41, 5.74) is 3.17. The molecule has 2 aromatic carbocycles. The fourth-order valence-electron chi connectivity index (χ4n) is 4.03. The lowest BCUT2D eigenvalue weighted by molar-refractivity contribution is -0.140. The molecule has 32 heavy (non-hydrogen) atoms. The quantitative estimate of drug-likeness (QED) is 0.284. The highest BCUT2D eigenvalue weighted by molar-refractivity contribution is 6.46. The zero-order valence-electron chi connectivity index (χ0n) is 19.3. The van der Waals surface area contributed by atoms with Crippen molar-refractivity contribution in [3.05, 3.63) is 70.3 Å².